The number of hydrogen-bond donors (Lipinski definition) is 2. The Morgan fingerprint density at radius 3 is 2.62 bits per heavy atom. The Hall–Kier alpha value is -1.58. The maximum absolute atomic E-state index is 10.8. The molecule has 70 valence electrons. The van der Waals surface area contributed by atoms with Crippen LogP contribution in [0.1, 0.15) is 18.3 Å². The Morgan fingerprint density at radius 1 is 1.54 bits per heavy atom. The molecule has 1 aromatic heterocycles. The van der Waals surface area contributed by atoms with Gasteiger partial charge in [-0.3, -0.25) is 9.78 Å². The molecule has 4 heteroatoms. The summed E-state index contributed by atoms with van der Waals surface area (Å²) in [6.45, 7) is 4.90. The second-order valence-electron chi connectivity index (χ2n) is 2.92. The van der Waals surface area contributed by atoms with E-state index in [4.69, 9.17) is 0 Å². The minimum absolute atomic E-state index is 0.0557. The number of aromatic hydroxyl groups is 1. The zero-order valence-corrected chi connectivity index (χ0v) is 7.88. The van der Waals surface area contributed by atoms with Gasteiger partial charge in [0.25, 0.3) is 0 Å². The number of hydrogen-bond acceptors (Lipinski definition) is 3. The van der Waals surface area contributed by atoms with E-state index in [1.165, 1.54) is 13.0 Å². The molecular weight excluding hydrogens is 168 g/mol. The van der Waals surface area contributed by atoms with Crippen molar-refractivity contribution in [2.45, 2.75) is 20.8 Å². The van der Waals surface area contributed by atoms with E-state index >= 15 is 0 Å². The lowest BCUT2D eigenvalue weighted by atomic mass is 10.2. The third-order valence-corrected chi connectivity index (χ3v) is 1.61. The molecule has 1 rings (SSSR count). The molecule has 0 saturated heterocycles. The Labute approximate surface area is 76.6 Å². The number of aryl methyl sites for hydroxylation is 2. The van der Waals surface area contributed by atoms with Crippen molar-refractivity contribution in [3.63, 3.8) is 0 Å². The Kier molecular flexibility index (Phi) is 2.51. The Bertz CT molecular complexity index is 324. The zero-order valence-electron chi connectivity index (χ0n) is 7.88. The van der Waals surface area contributed by atoms with Gasteiger partial charge >= 0.3 is 0 Å². The monoisotopic (exact) mass is 180 g/mol. The predicted octanol–water partition coefficient (Wildman–Crippen LogP) is 1.36. The molecule has 1 aromatic rings. The molecule has 0 radical (unpaired) electrons. The van der Waals surface area contributed by atoms with Crippen LogP contribution in [0, 0.1) is 13.8 Å². The average molecular weight is 180 g/mol. The third kappa shape index (κ3) is 2.18. The van der Waals surface area contributed by atoms with Crippen LogP contribution in [0.15, 0.2) is 6.07 Å². The highest BCUT2D eigenvalue weighted by Crippen LogP contribution is 2.25. The van der Waals surface area contributed by atoms with Crippen molar-refractivity contribution in [2.75, 3.05) is 5.32 Å². The fraction of sp³-hybridized carbons (Fsp3) is 0.333. The standard InChI is InChI=1S/C9H12N2O2/c1-5-4-8(13)9(6(2)10-5)11-7(3)12/h4H,1-3H3,(H,10,13)(H,11,12). The third-order valence-electron chi connectivity index (χ3n) is 1.61. The summed E-state index contributed by atoms with van der Waals surface area (Å²) in [6, 6.07) is 1.51. The van der Waals surface area contributed by atoms with Crippen LogP contribution in [-0.2, 0) is 4.79 Å². The number of anilines is 1. The van der Waals surface area contributed by atoms with Gasteiger partial charge in [0, 0.05) is 18.7 Å². The maximum Gasteiger partial charge on any atom is 0.221 e. The number of nitrogens with zero attached hydrogens (tertiary/aromatic N) is 1. The number of amides is 1. The van der Waals surface area contributed by atoms with Crippen LogP contribution in [0.2, 0.25) is 0 Å². The van der Waals surface area contributed by atoms with Crippen molar-refractivity contribution in [1.29, 1.82) is 0 Å². The van der Waals surface area contributed by atoms with Crippen LogP contribution in [-0.4, -0.2) is 16.0 Å². The predicted molar refractivity (Wildman–Crippen MR) is 49.7 cm³/mol. The largest absolute Gasteiger partial charge is 0.506 e. The van der Waals surface area contributed by atoms with E-state index in [0.29, 0.717) is 11.4 Å². The number of aromatic nitrogens is 1. The molecule has 0 aliphatic carbocycles. The summed E-state index contributed by atoms with van der Waals surface area (Å²) in [5, 5.41) is 12.0. The summed E-state index contributed by atoms with van der Waals surface area (Å²) in [7, 11) is 0. The first-order chi connectivity index (χ1) is 6.00. The highest BCUT2D eigenvalue weighted by atomic mass is 16.3. The van der Waals surface area contributed by atoms with Gasteiger partial charge in [0.05, 0.1) is 5.69 Å². The second-order valence-corrected chi connectivity index (χ2v) is 2.92. The molecule has 0 aliphatic heterocycles. The molecule has 0 fully saturated rings. The molecule has 1 heterocycles. The fourth-order valence-electron chi connectivity index (χ4n) is 1.14. The molecule has 13 heavy (non-hydrogen) atoms. The summed E-state index contributed by atoms with van der Waals surface area (Å²) in [5.41, 5.74) is 1.73. The number of carbonyl (C=O) groups excluding carboxylic acids is 1. The zero-order chi connectivity index (χ0) is 10.0. The SMILES string of the molecule is CC(=O)Nc1c(O)cc(C)nc1C. The average Bonchev–Trinajstić information content (AvgIpc) is 1.96. The van der Waals surface area contributed by atoms with Crippen molar-refractivity contribution in [3.05, 3.63) is 17.5 Å². The van der Waals surface area contributed by atoms with Gasteiger partial charge in [-0.2, -0.15) is 0 Å². The lowest BCUT2D eigenvalue weighted by Gasteiger charge is -2.08. The number of rotatable bonds is 1. The van der Waals surface area contributed by atoms with Crippen LogP contribution in [0.3, 0.4) is 0 Å². The number of pyridine rings is 1. The molecule has 0 aliphatic rings. The van der Waals surface area contributed by atoms with E-state index in [2.05, 4.69) is 10.3 Å². The molecule has 0 unspecified atom stereocenters. The van der Waals surface area contributed by atoms with Crippen molar-refractivity contribution in [3.8, 4) is 5.75 Å². The van der Waals surface area contributed by atoms with Gasteiger partial charge in [-0.05, 0) is 13.8 Å². The van der Waals surface area contributed by atoms with Gasteiger partial charge in [0.1, 0.15) is 11.4 Å². The molecular formula is C9H12N2O2. The van der Waals surface area contributed by atoms with E-state index in [0.717, 1.165) is 5.69 Å². The Morgan fingerprint density at radius 2 is 2.15 bits per heavy atom. The van der Waals surface area contributed by atoms with Gasteiger partial charge in [0.2, 0.25) is 5.91 Å². The first kappa shape index (κ1) is 9.51. The second kappa shape index (κ2) is 3.43. The van der Waals surface area contributed by atoms with E-state index in [9.17, 15) is 9.90 Å². The van der Waals surface area contributed by atoms with Crippen molar-refractivity contribution < 1.29 is 9.90 Å². The van der Waals surface area contributed by atoms with Crippen LogP contribution in [0.25, 0.3) is 0 Å². The minimum Gasteiger partial charge on any atom is -0.506 e. The van der Waals surface area contributed by atoms with Crippen molar-refractivity contribution >= 4 is 11.6 Å². The molecule has 0 spiro atoms. The number of carbonyl (C=O) groups is 1. The van der Waals surface area contributed by atoms with Crippen LogP contribution in [0.5, 0.6) is 5.75 Å². The van der Waals surface area contributed by atoms with Crippen molar-refractivity contribution in [1.82, 2.24) is 4.98 Å². The topological polar surface area (TPSA) is 62.2 Å². The van der Waals surface area contributed by atoms with E-state index in [-0.39, 0.29) is 11.7 Å². The summed E-state index contributed by atoms with van der Waals surface area (Å²) in [4.78, 5) is 14.9. The molecule has 0 bridgehead atoms. The lowest BCUT2D eigenvalue weighted by molar-refractivity contribution is -0.114. The lowest BCUT2D eigenvalue weighted by Crippen LogP contribution is -2.08. The normalized spacial score (nSPS) is 9.77. The van der Waals surface area contributed by atoms with Gasteiger partial charge in [-0.1, -0.05) is 0 Å². The molecule has 0 aromatic carbocycles. The van der Waals surface area contributed by atoms with Gasteiger partial charge < -0.3 is 10.4 Å². The Balaban J connectivity index is 3.13. The quantitative estimate of drug-likeness (QED) is 0.686. The summed E-state index contributed by atoms with van der Waals surface area (Å²) in [5.74, 6) is -0.163. The highest BCUT2D eigenvalue weighted by Gasteiger charge is 2.07. The smallest absolute Gasteiger partial charge is 0.221 e. The molecule has 0 saturated carbocycles. The maximum atomic E-state index is 10.8. The van der Waals surface area contributed by atoms with Crippen LogP contribution < -0.4 is 5.32 Å². The number of nitrogens with one attached hydrogen (secondary N) is 1. The van der Waals surface area contributed by atoms with Gasteiger partial charge in [0.15, 0.2) is 0 Å². The summed E-state index contributed by atoms with van der Waals surface area (Å²) < 4.78 is 0. The van der Waals surface area contributed by atoms with E-state index in [1.807, 2.05) is 0 Å². The first-order valence-corrected chi connectivity index (χ1v) is 3.95. The summed E-state index contributed by atoms with van der Waals surface area (Å²) in [6.07, 6.45) is 0. The van der Waals surface area contributed by atoms with Crippen LogP contribution in [0.4, 0.5) is 5.69 Å². The van der Waals surface area contributed by atoms with E-state index in [1.54, 1.807) is 13.8 Å². The minimum atomic E-state index is -0.218. The summed E-state index contributed by atoms with van der Waals surface area (Å²) >= 11 is 0. The van der Waals surface area contributed by atoms with E-state index < -0.39 is 0 Å². The van der Waals surface area contributed by atoms with Gasteiger partial charge in [-0.15, -0.1) is 0 Å². The van der Waals surface area contributed by atoms with Crippen molar-refractivity contribution in [2.24, 2.45) is 0 Å². The highest BCUT2D eigenvalue weighted by molar-refractivity contribution is 5.90. The van der Waals surface area contributed by atoms with Crippen LogP contribution >= 0.6 is 0 Å². The molecule has 0 atom stereocenters. The molecule has 2 N–H and O–H groups in total. The molecule has 4 nitrogen and oxygen atoms in total. The fourth-order valence-corrected chi connectivity index (χ4v) is 1.14. The molecule has 1 amide bonds. The first-order valence-electron chi connectivity index (χ1n) is 3.95. The van der Waals surface area contributed by atoms with Gasteiger partial charge in [-0.25, -0.2) is 0 Å².